The first-order valence-electron chi connectivity index (χ1n) is 4.10. The largest absolute Gasteiger partial charge is 0.434 e. The Morgan fingerprint density at radius 3 is 2.92 bits per heavy atom. The lowest BCUT2D eigenvalue weighted by atomic mass is 9.95. The molecule has 1 aliphatic heterocycles. The average Bonchev–Trinajstić information content (AvgIpc) is 2.29. The number of hydrogen-bond acceptors (Lipinski definition) is 3. The van der Waals surface area contributed by atoms with Crippen molar-refractivity contribution in [3.63, 3.8) is 0 Å². The summed E-state index contributed by atoms with van der Waals surface area (Å²) in [6.45, 7) is 4.18. The van der Waals surface area contributed by atoms with E-state index in [2.05, 4.69) is 18.1 Å². The molecule has 0 aliphatic carbocycles. The molecule has 0 bridgehead atoms. The van der Waals surface area contributed by atoms with Crippen molar-refractivity contribution in [2.24, 2.45) is 11.8 Å². The van der Waals surface area contributed by atoms with Crippen LogP contribution in [0.25, 0.3) is 0 Å². The van der Waals surface area contributed by atoms with Gasteiger partial charge >= 0.3 is 5.97 Å². The van der Waals surface area contributed by atoms with Crippen LogP contribution in [-0.4, -0.2) is 12.3 Å². The molecule has 0 aromatic rings. The van der Waals surface area contributed by atoms with E-state index in [-0.39, 0.29) is 11.9 Å². The number of carbonyl (C=O) groups is 1. The van der Waals surface area contributed by atoms with E-state index < -0.39 is 6.29 Å². The van der Waals surface area contributed by atoms with Crippen LogP contribution in [-0.2, 0) is 13.8 Å². The molecule has 0 spiro atoms. The normalized spacial score (nSPS) is 29.5. The lowest BCUT2D eigenvalue weighted by Gasteiger charge is -2.15. The Kier molecular flexibility index (Phi) is 3.35. The highest BCUT2D eigenvalue weighted by molar-refractivity contribution is 6.07. The molecular formula is C8H13ClO3. The summed E-state index contributed by atoms with van der Waals surface area (Å²) in [5.41, 5.74) is 0. The summed E-state index contributed by atoms with van der Waals surface area (Å²) in [5.74, 6) is 0.431. The number of ether oxygens (including phenoxy) is 1. The first-order valence-corrected chi connectivity index (χ1v) is 4.41. The second-order valence-corrected chi connectivity index (χ2v) is 3.72. The predicted molar refractivity (Wildman–Crippen MR) is 44.4 cm³/mol. The summed E-state index contributed by atoms with van der Waals surface area (Å²) in [4.78, 5) is 10.8. The fraction of sp³-hybridized carbons (Fsp3) is 0.875. The Hall–Kier alpha value is -0.280. The Labute approximate surface area is 77.2 Å². The highest BCUT2D eigenvalue weighted by atomic mass is 35.5. The highest BCUT2D eigenvalue weighted by Crippen LogP contribution is 2.29. The molecule has 70 valence electrons. The fourth-order valence-electron chi connectivity index (χ4n) is 1.48. The third-order valence-electron chi connectivity index (χ3n) is 1.92. The first-order chi connectivity index (χ1) is 5.63. The molecule has 1 saturated heterocycles. The van der Waals surface area contributed by atoms with Gasteiger partial charge in [0.2, 0.25) is 6.29 Å². The minimum Gasteiger partial charge on any atom is -0.434 e. The van der Waals surface area contributed by atoms with Crippen LogP contribution in [0.5, 0.6) is 0 Å². The monoisotopic (exact) mass is 192 g/mol. The van der Waals surface area contributed by atoms with E-state index in [9.17, 15) is 4.79 Å². The molecule has 0 aromatic carbocycles. The Bertz CT molecular complexity index is 170. The lowest BCUT2D eigenvalue weighted by molar-refractivity contribution is -0.152. The standard InChI is InChI=1S/C8H13ClO3/c1-5(2)3-6-4-7(10)11-8(6)12-9/h5-6,8H,3-4H2,1-2H3. The zero-order chi connectivity index (χ0) is 9.14. The zero-order valence-electron chi connectivity index (χ0n) is 7.25. The molecule has 0 amide bonds. The van der Waals surface area contributed by atoms with Gasteiger partial charge in [-0.1, -0.05) is 13.8 Å². The van der Waals surface area contributed by atoms with Crippen molar-refractivity contribution in [2.75, 3.05) is 0 Å². The number of hydrogen-bond donors (Lipinski definition) is 0. The van der Waals surface area contributed by atoms with Gasteiger partial charge < -0.3 is 4.74 Å². The van der Waals surface area contributed by atoms with Crippen LogP contribution >= 0.6 is 11.9 Å². The van der Waals surface area contributed by atoms with E-state index in [0.717, 1.165) is 6.42 Å². The maximum absolute atomic E-state index is 10.8. The summed E-state index contributed by atoms with van der Waals surface area (Å²) in [5, 5.41) is 0. The van der Waals surface area contributed by atoms with E-state index in [1.54, 1.807) is 0 Å². The molecule has 4 heteroatoms. The van der Waals surface area contributed by atoms with Crippen LogP contribution in [0.1, 0.15) is 26.7 Å². The zero-order valence-corrected chi connectivity index (χ0v) is 8.00. The maximum Gasteiger partial charge on any atom is 0.308 e. The van der Waals surface area contributed by atoms with Crippen LogP contribution in [0.2, 0.25) is 0 Å². The van der Waals surface area contributed by atoms with Gasteiger partial charge in [0.25, 0.3) is 0 Å². The summed E-state index contributed by atoms with van der Waals surface area (Å²) in [6, 6.07) is 0. The molecule has 1 heterocycles. The smallest absolute Gasteiger partial charge is 0.308 e. The Morgan fingerprint density at radius 2 is 2.42 bits per heavy atom. The van der Waals surface area contributed by atoms with Crippen LogP contribution in [0.4, 0.5) is 0 Å². The average molecular weight is 193 g/mol. The molecule has 0 radical (unpaired) electrons. The third-order valence-corrected chi connectivity index (χ3v) is 2.10. The van der Waals surface area contributed by atoms with Gasteiger partial charge in [-0.2, -0.15) is 0 Å². The van der Waals surface area contributed by atoms with E-state index >= 15 is 0 Å². The topological polar surface area (TPSA) is 35.5 Å². The molecule has 0 saturated carbocycles. The van der Waals surface area contributed by atoms with Gasteiger partial charge in [-0.05, 0) is 12.3 Å². The molecule has 1 rings (SSSR count). The molecule has 1 fully saturated rings. The first kappa shape index (κ1) is 9.81. The van der Waals surface area contributed by atoms with E-state index in [1.807, 2.05) is 0 Å². The maximum atomic E-state index is 10.8. The second kappa shape index (κ2) is 4.10. The lowest BCUT2D eigenvalue weighted by Crippen LogP contribution is -2.17. The molecule has 2 atom stereocenters. The van der Waals surface area contributed by atoms with Gasteiger partial charge in [-0.15, -0.1) is 0 Å². The van der Waals surface area contributed by atoms with Crippen molar-refractivity contribution in [2.45, 2.75) is 33.0 Å². The Balaban J connectivity index is 2.46. The number of halogens is 1. The Morgan fingerprint density at radius 1 is 1.75 bits per heavy atom. The van der Waals surface area contributed by atoms with Crippen LogP contribution in [0.15, 0.2) is 0 Å². The van der Waals surface area contributed by atoms with Crippen LogP contribution in [0, 0.1) is 11.8 Å². The fourth-order valence-corrected chi connectivity index (χ4v) is 1.66. The minimum absolute atomic E-state index is 0.120. The summed E-state index contributed by atoms with van der Waals surface area (Å²) in [7, 11) is 0. The minimum atomic E-state index is -0.540. The third kappa shape index (κ3) is 2.35. The van der Waals surface area contributed by atoms with Gasteiger partial charge in [0, 0.05) is 5.92 Å². The molecule has 1 aliphatic rings. The number of cyclic esters (lactones) is 1. The number of esters is 1. The molecule has 3 nitrogen and oxygen atoms in total. The van der Waals surface area contributed by atoms with E-state index in [0.29, 0.717) is 12.3 Å². The molecule has 12 heavy (non-hydrogen) atoms. The quantitative estimate of drug-likeness (QED) is 0.643. The van der Waals surface area contributed by atoms with Crippen molar-refractivity contribution in [3.05, 3.63) is 0 Å². The molecule has 0 N–H and O–H groups in total. The van der Waals surface area contributed by atoms with Crippen LogP contribution in [0.3, 0.4) is 0 Å². The van der Waals surface area contributed by atoms with Crippen molar-refractivity contribution >= 4 is 17.8 Å². The van der Waals surface area contributed by atoms with Gasteiger partial charge in [0.15, 0.2) is 0 Å². The summed E-state index contributed by atoms with van der Waals surface area (Å²) in [6.07, 6.45) is 0.792. The predicted octanol–water partition coefficient (Wildman–Crippen LogP) is 2.09. The summed E-state index contributed by atoms with van der Waals surface area (Å²) < 4.78 is 9.36. The van der Waals surface area contributed by atoms with Gasteiger partial charge in [-0.3, -0.25) is 4.79 Å². The van der Waals surface area contributed by atoms with Gasteiger partial charge in [0.05, 0.1) is 18.3 Å². The van der Waals surface area contributed by atoms with Crippen molar-refractivity contribution in [1.29, 1.82) is 0 Å². The number of rotatable bonds is 3. The number of carbonyl (C=O) groups excluding carboxylic acids is 1. The van der Waals surface area contributed by atoms with Crippen molar-refractivity contribution in [3.8, 4) is 0 Å². The second-order valence-electron chi connectivity index (χ2n) is 3.54. The molecule has 0 aromatic heterocycles. The molecular weight excluding hydrogens is 180 g/mol. The molecule has 2 unspecified atom stereocenters. The SMILES string of the molecule is CC(C)CC1CC(=O)OC1OCl. The van der Waals surface area contributed by atoms with Crippen molar-refractivity contribution < 1.29 is 13.8 Å². The van der Waals surface area contributed by atoms with Gasteiger partial charge in [0.1, 0.15) is 0 Å². The van der Waals surface area contributed by atoms with E-state index in [4.69, 9.17) is 16.6 Å². The summed E-state index contributed by atoms with van der Waals surface area (Å²) >= 11 is 5.17. The van der Waals surface area contributed by atoms with Crippen LogP contribution < -0.4 is 0 Å². The van der Waals surface area contributed by atoms with Gasteiger partial charge in [-0.25, -0.2) is 4.29 Å². The van der Waals surface area contributed by atoms with E-state index in [1.165, 1.54) is 0 Å². The van der Waals surface area contributed by atoms with Crippen molar-refractivity contribution in [1.82, 2.24) is 0 Å². The highest BCUT2D eigenvalue weighted by Gasteiger charge is 2.35.